The molecule has 164 valence electrons. The van der Waals surface area contributed by atoms with Crippen molar-refractivity contribution in [3.63, 3.8) is 0 Å². The van der Waals surface area contributed by atoms with Gasteiger partial charge in [0.05, 0.1) is 12.1 Å². The first-order valence-electron chi connectivity index (χ1n) is 8.82. The van der Waals surface area contributed by atoms with E-state index in [1.807, 2.05) is 0 Å². The summed E-state index contributed by atoms with van der Waals surface area (Å²) in [5, 5.41) is 30.5. The second-order valence-corrected chi connectivity index (χ2v) is 10.6. The van der Waals surface area contributed by atoms with Gasteiger partial charge in [-0.05, 0) is 24.0 Å². The molecule has 1 saturated heterocycles. The summed E-state index contributed by atoms with van der Waals surface area (Å²) in [5.74, 6) is -0.719. The van der Waals surface area contributed by atoms with Gasteiger partial charge in [0.15, 0.2) is 4.34 Å². The number of fused-ring (bicyclic) bond motifs is 1. The lowest BCUT2D eigenvalue weighted by Crippen LogP contribution is -2.70. The minimum atomic E-state index is -1.19. The van der Waals surface area contributed by atoms with E-state index in [0.717, 1.165) is 15.7 Å². The number of carboxylic acid groups (broad SMARTS) is 1. The van der Waals surface area contributed by atoms with E-state index < -0.39 is 29.2 Å². The molecule has 0 aromatic carbocycles. The maximum absolute atomic E-state index is 12.7. The van der Waals surface area contributed by atoms with Crippen molar-refractivity contribution in [3.8, 4) is 0 Å². The van der Waals surface area contributed by atoms with Crippen molar-refractivity contribution in [1.82, 2.24) is 24.3 Å². The number of amides is 2. The van der Waals surface area contributed by atoms with E-state index >= 15 is 0 Å². The number of carbonyl (C=O) groups excluding carboxylic acids is 2. The molecule has 11 nitrogen and oxygen atoms in total. The molecule has 15 heteroatoms. The fourth-order valence-electron chi connectivity index (χ4n) is 3.14. The lowest BCUT2D eigenvalue weighted by molar-refractivity contribution is -0.150. The third kappa shape index (κ3) is 4.22. The first-order valence-corrected chi connectivity index (χ1v) is 12.5. The normalized spacial score (nSPS) is 20.4. The van der Waals surface area contributed by atoms with Gasteiger partial charge in [0.2, 0.25) is 10.7 Å². The van der Waals surface area contributed by atoms with Crippen LogP contribution in [-0.2, 0) is 20.8 Å². The lowest BCUT2D eigenvalue weighted by Gasteiger charge is -2.49. The third-order valence-electron chi connectivity index (χ3n) is 4.56. The standard InChI is InChI=1S/C16H16N6O5S4/c1-6-18-16(31-20-6)30-4-7-3-28-13-10(12(24)21(13)11(7)14(25)26)19-9(23)2-8-5-29-15(17)22(8)27/h5,10,13,17,27H,2-4H2,1H3,(H,19,23)(H,25,26). The number of carboxylic acids is 1. The Bertz CT molecular complexity index is 1150. The number of thioether (sulfide) groups is 2. The molecule has 0 saturated carbocycles. The van der Waals surface area contributed by atoms with Gasteiger partial charge in [-0.2, -0.15) is 9.10 Å². The van der Waals surface area contributed by atoms with E-state index in [0.29, 0.717) is 27.6 Å². The highest BCUT2D eigenvalue weighted by atomic mass is 32.2. The number of hydrogen-bond acceptors (Lipinski definition) is 11. The highest BCUT2D eigenvalue weighted by molar-refractivity contribution is 8.01. The number of aryl methyl sites for hydroxylation is 1. The number of thiazole rings is 1. The minimum absolute atomic E-state index is 0.0436. The van der Waals surface area contributed by atoms with Gasteiger partial charge < -0.3 is 15.6 Å². The molecular weight excluding hydrogens is 484 g/mol. The molecule has 4 N–H and O–H groups in total. The summed E-state index contributed by atoms with van der Waals surface area (Å²) in [5.41, 5.74) is 0.815. The topological polar surface area (TPSA) is 162 Å². The number of nitrogens with one attached hydrogen (secondary N) is 2. The Hall–Kier alpha value is -2.36. The van der Waals surface area contributed by atoms with Crippen LogP contribution < -0.4 is 10.1 Å². The van der Waals surface area contributed by atoms with E-state index in [4.69, 9.17) is 5.41 Å². The van der Waals surface area contributed by atoms with Crippen LogP contribution in [0.3, 0.4) is 0 Å². The Morgan fingerprint density at radius 2 is 2.23 bits per heavy atom. The summed E-state index contributed by atoms with van der Waals surface area (Å²) in [7, 11) is 0. The van der Waals surface area contributed by atoms with Crippen LogP contribution in [0.15, 0.2) is 21.0 Å². The molecule has 2 aromatic heterocycles. The van der Waals surface area contributed by atoms with Gasteiger partial charge in [-0.3, -0.25) is 19.9 Å². The van der Waals surface area contributed by atoms with Crippen molar-refractivity contribution in [2.45, 2.75) is 29.1 Å². The second-order valence-electron chi connectivity index (χ2n) is 6.63. The first kappa shape index (κ1) is 21.9. The zero-order valence-corrected chi connectivity index (χ0v) is 19.2. The number of aliphatic carboxylic acids is 1. The molecule has 2 amide bonds. The summed E-state index contributed by atoms with van der Waals surface area (Å²) < 4.78 is 5.44. The van der Waals surface area contributed by atoms with Gasteiger partial charge >= 0.3 is 5.97 Å². The molecule has 4 rings (SSSR count). The molecule has 0 radical (unpaired) electrons. The number of β-lactam (4-membered cyclic amide) rings is 1. The second kappa shape index (κ2) is 8.64. The SMILES string of the molecule is Cc1nsc(SCC2=C(C(=O)O)N3C(=O)C(NC(=O)Cc4csc(=N)n4O)C3SC2)n1. The molecule has 2 aliphatic heterocycles. The Balaban J connectivity index is 1.44. The lowest BCUT2D eigenvalue weighted by atomic mass is 10.0. The highest BCUT2D eigenvalue weighted by Gasteiger charge is 2.54. The summed E-state index contributed by atoms with van der Waals surface area (Å²) in [6, 6.07) is -0.840. The summed E-state index contributed by atoms with van der Waals surface area (Å²) in [6.07, 6.45) is -0.197. The van der Waals surface area contributed by atoms with Gasteiger partial charge in [0.25, 0.3) is 5.91 Å². The van der Waals surface area contributed by atoms with Crippen LogP contribution in [0.4, 0.5) is 0 Å². The Labute approximate surface area is 191 Å². The predicted molar refractivity (Wildman–Crippen MR) is 114 cm³/mol. The zero-order chi connectivity index (χ0) is 22.3. The number of rotatable bonds is 7. The van der Waals surface area contributed by atoms with Crippen molar-refractivity contribution in [1.29, 1.82) is 5.41 Å². The van der Waals surface area contributed by atoms with Crippen molar-refractivity contribution in [3.05, 3.63) is 33.0 Å². The van der Waals surface area contributed by atoms with Gasteiger partial charge in [-0.1, -0.05) is 11.8 Å². The highest BCUT2D eigenvalue weighted by Crippen LogP contribution is 2.41. The van der Waals surface area contributed by atoms with Crippen molar-refractivity contribution in [2.24, 2.45) is 0 Å². The fourth-order valence-corrected chi connectivity index (χ4v) is 6.92. The quantitative estimate of drug-likeness (QED) is 0.241. The molecule has 1 fully saturated rings. The van der Waals surface area contributed by atoms with Crippen LogP contribution in [0.5, 0.6) is 0 Å². The van der Waals surface area contributed by atoms with Crippen LogP contribution in [0.25, 0.3) is 0 Å². The number of carbonyl (C=O) groups is 3. The van der Waals surface area contributed by atoms with Gasteiger partial charge in [-0.25, -0.2) is 9.78 Å². The van der Waals surface area contributed by atoms with Crippen LogP contribution in [0.1, 0.15) is 11.5 Å². The largest absolute Gasteiger partial charge is 0.477 e. The Morgan fingerprint density at radius 3 is 2.84 bits per heavy atom. The van der Waals surface area contributed by atoms with Gasteiger partial charge in [0.1, 0.15) is 22.9 Å². The molecule has 0 spiro atoms. The molecular formula is C16H16N6O5S4. The first-order chi connectivity index (χ1) is 14.8. The van der Waals surface area contributed by atoms with Crippen molar-refractivity contribution >= 4 is 64.2 Å². The molecule has 2 aromatic rings. The maximum atomic E-state index is 12.7. The van der Waals surface area contributed by atoms with Crippen molar-refractivity contribution in [2.75, 3.05) is 11.5 Å². The molecule has 0 aliphatic carbocycles. The average Bonchev–Trinajstić information content (AvgIpc) is 3.29. The van der Waals surface area contributed by atoms with E-state index in [-0.39, 0.29) is 22.6 Å². The van der Waals surface area contributed by atoms with Crippen LogP contribution in [0, 0.1) is 12.3 Å². The van der Waals surface area contributed by atoms with Gasteiger partial charge in [-0.15, -0.1) is 23.1 Å². The van der Waals surface area contributed by atoms with Crippen molar-refractivity contribution < 1.29 is 24.7 Å². The molecule has 31 heavy (non-hydrogen) atoms. The molecule has 2 atom stereocenters. The number of nitrogens with zero attached hydrogens (tertiary/aromatic N) is 4. The minimum Gasteiger partial charge on any atom is -0.477 e. The van der Waals surface area contributed by atoms with E-state index in [1.165, 1.54) is 45.3 Å². The molecule has 2 aliphatic rings. The van der Waals surface area contributed by atoms with Crippen LogP contribution in [-0.4, -0.2) is 70.0 Å². The van der Waals surface area contributed by atoms with E-state index in [2.05, 4.69) is 14.7 Å². The number of aromatic nitrogens is 3. The average molecular weight is 501 g/mol. The fraction of sp³-hybridized carbons (Fsp3) is 0.375. The van der Waals surface area contributed by atoms with E-state index in [1.54, 1.807) is 6.92 Å². The predicted octanol–water partition coefficient (Wildman–Crippen LogP) is 0.500. The monoisotopic (exact) mass is 500 g/mol. The molecule has 0 bridgehead atoms. The molecule has 4 heterocycles. The van der Waals surface area contributed by atoms with Crippen LogP contribution in [0.2, 0.25) is 0 Å². The van der Waals surface area contributed by atoms with Crippen LogP contribution >= 0.6 is 46.4 Å². The number of hydrogen-bond donors (Lipinski definition) is 4. The third-order valence-corrected chi connectivity index (χ3v) is 8.69. The smallest absolute Gasteiger partial charge is 0.352 e. The Morgan fingerprint density at radius 1 is 1.45 bits per heavy atom. The Kier molecular flexibility index (Phi) is 6.09. The van der Waals surface area contributed by atoms with Gasteiger partial charge in [0, 0.05) is 16.9 Å². The summed E-state index contributed by atoms with van der Waals surface area (Å²) >= 11 is 4.98. The summed E-state index contributed by atoms with van der Waals surface area (Å²) in [6.45, 7) is 1.78. The molecule has 2 unspecified atom stereocenters. The summed E-state index contributed by atoms with van der Waals surface area (Å²) in [4.78, 5) is 42.3. The van der Waals surface area contributed by atoms with E-state index in [9.17, 15) is 24.7 Å². The zero-order valence-electron chi connectivity index (χ0n) is 15.9. The maximum Gasteiger partial charge on any atom is 0.352 e.